The van der Waals surface area contributed by atoms with E-state index >= 15 is 0 Å². The highest BCUT2D eigenvalue weighted by atomic mass is 16.1. The van der Waals surface area contributed by atoms with Gasteiger partial charge >= 0.3 is 0 Å². The van der Waals surface area contributed by atoms with E-state index in [0.29, 0.717) is 11.7 Å². The summed E-state index contributed by atoms with van der Waals surface area (Å²) in [5.74, 6) is -0.114. The minimum atomic E-state index is -0.114. The van der Waals surface area contributed by atoms with Crippen molar-refractivity contribution in [2.45, 2.75) is 51.6 Å². The van der Waals surface area contributed by atoms with Crippen LogP contribution in [0.3, 0.4) is 0 Å². The Morgan fingerprint density at radius 3 is 2.61 bits per heavy atom. The Kier molecular flexibility index (Phi) is 4.18. The molecule has 1 fully saturated rings. The SMILES string of the molecule is CC(C)NC(=O)c1ccc(NC2CCCC2)cn1. The topological polar surface area (TPSA) is 54.0 Å². The van der Waals surface area contributed by atoms with Crippen LogP contribution in [-0.2, 0) is 0 Å². The molecular weight excluding hydrogens is 226 g/mol. The maximum atomic E-state index is 11.7. The van der Waals surface area contributed by atoms with Crippen molar-refractivity contribution in [3.05, 3.63) is 24.0 Å². The van der Waals surface area contributed by atoms with Gasteiger partial charge in [-0.25, -0.2) is 4.98 Å². The van der Waals surface area contributed by atoms with Crippen LogP contribution in [0.2, 0.25) is 0 Å². The molecule has 0 bridgehead atoms. The highest BCUT2D eigenvalue weighted by Crippen LogP contribution is 2.21. The molecule has 0 saturated heterocycles. The van der Waals surface area contributed by atoms with Gasteiger partial charge in [-0.15, -0.1) is 0 Å². The molecule has 2 rings (SSSR count). The maximum Gasteiger partial charge on any atom is 0.270 e. The molecule has 4 heteroatoms. The van der Waals surface area contributed by atoms with Crippen molar-refractivity contribution in [2.24, 2.45) is 0 Å². The monoisotopic (exact) mass is 247 g/mol. The van der Waals surface area contributed by atoms with Gasteiger partial charge in [-0.1, -0.05) is 12.8 Å². The summed E-state index contributed by atoms with van der Waals surface area (Å²) >= 11 is 0. The third kappa shape index (κ3) is 3.45. The molecule has 0 aromatic carbocycles. The molecule has 0 atom stereocenters. The van der Waals surface area contributed by atoms with Gasteiger partial charge < -0.3 is 10.6 Å². The Hall–Kier alpha value is -1.58. The molecule has 98 valence electrons. The van der Waals surface area contributed by atoms with Crippen LogP contribution in [0.1, 0.15) is 50.0 Å². The second-order valence-corrected chi connectivity index (χ2v) is 5.19. The minimum Gasteiger partial charge on any atom is -0.381 e. The van der Waals surface area contributed by atoms with E-state index in [2.05, 4.69) is 15.6 Å². The van der Waals surface area contributed by atoms with E-state index < -0.39 is 0 Å². The molecule has 1 saturated carbocycles. The van der Waals surface area contributed by atoms with Crippen LogP contribution in [0.4, 0.5) is 5.69 Å². The van der Waals surface area contributed by atoms with Gasteiger partial charge in [0.25, 0.3) is 5.91 Å². The van der Waals surface area contributed by atoms with E-state index in [1.807, 2.05) is 19.9 Å². The fourth-order valence-electron chi connectivity index (χ4n) is 2.26. The van der Waals surface area contributed by atoms with Crippen molar-refractivity contribution in [3.8, 4) is 0 Å². The van der Waals surface area contributed by atoms with Crippen LogP contribution < -0.4 is 10.6 Å². The lowest BCUT2D eigenvalue weighted by atomic mass is 10.2. The van der Waals surface area contributed by atoms with E-state index in [9.17, 15) is 4.79 Å². The highest BCUT2D eigenvalue weighted by molar-refractivity contribution is 5.92. The van der Waals surface area contributed by atoms with Crippen LogP contribution in [0.25, 0.3) is 0 Å². The molecule has 1 aliphatic carbocycles. The molecule has 1 aromatic rings. The molecule has 2 N–H and O–H groups in total. The third-order valence-corrected chi connectivity index (χ3v) is 3.14. The minimum absolute atomic E-state index is 0.114. The summed E-state index contributed by atoms with van der Waals surface area (Å²) in [6, 6.07) is 4.41. The van der Waals surface area contributed by atoms with Crippen molar-refractivity contribution in [1.29, 1.82) is 0 Å². The van der Waals surface area contributed by atoms with Crippen LogP contribution >= 0.6 is 0 Å². The maximum absolute atomic E-state index is 11.7. The summed E-state index contributed by atoms with van der Waals surface area (Å²) in [4.78, 5) is 15.9. The molecule has 0 spiro atoms. The average Bonchev–Trinajstić information content (AvgIpc) is 2.82. The fraction of sp³-hybridized carbons (Fsp3) is 0.571. The zero-order valence-electron chi connectivity index (χ0n) is 11.1. The Balaban J connectivity index is 1.94. The molecule has 1 heterocycles. The van der Waals surface area contributed by atoms with Gasteiger partial charge in [0.05, 0.1) is 11.9 Å². The number of carbonyl (C=O) groups is 1. The molecule has 0 aliphatic heterocycles. The lowest BCUT2D eigenvalue weighted by Gasteiger charge is -2.13. The number of carbonyl (C=O) groups excluding carboxylic acids is 1. The van der Waals surface area contributed by atoms with E-state index in [1.54, 1.807) is 12.3 Å². The number of anilines is 1. The number of amides is 1. The quantitative estimate of drug-likeness (QED) is 0.859. The molecule has 0 unspecified atom stereocenters. The first-order valence-electron chi connectivity index (χ1n) is 6.68. The molecular formula is C14H21N3O. The van der Waals surface area contributed by atoms with Crippen molar-refractivity contribution in [2.75, 3.05) is 5.32 Å². The van der Waals surface area contributed by atoms with E-state index in [-0.39, 0.29) is 11.9 Å². The van der Waals surface area contributed by atoms with Crippen molar-refractivity contribution in [1.82, 2.24) is 10.3 Å². The summed E-state index contributed by atoms with van der Waals surface area (Å²) in [7, 11) is 0. The first-order valence-corrected chi connectivity index (χ1v) is 6.68. The number of rotatable bonds is 4. The zero-order valence-corrected chi connectivity index (χ0v) is 11.1. The normalized spacial score (nSPS) is 15.9. The Bertz CT molecular complexity index is 394. The predicted octanol–water partition coefficient (Wildman–Crippen LogP) is 2.57. The zero-order chi connectivity index (χ0) is 13.0. The standard InChI is InChI=1S/C14H21N3O/c1-10(2)16-14(18)13-8-7-12(9-15-13)17-11-5-3-4-6-11/h7-11,17H,3-6H2,1-2H3,(H,16,18). The molecule has 1 amide bonds. The van der Waals surface area contributed by atoms with Gasteiger partial charge in [0, 0.05) is 12.1 Å². The molecule has 1 aliphatic rings. The van der Waals surface area contributed by atoms with Gasteiger partial charge in [-0.2, -0.15) is 0 Å². The number of nitrogens with zero attached hydrogens (tertiary/aromatic N) is 1. The Morgan fingerprint density at radius 1 is 1.33 bits per heavy atom. The van der Waals surface area contributed by atoms with Gasteiger partial charge in [-0.05, 0) is 38.8 Å². The summed E-state index contributed by atoms with van der Waals surface area (Å²) in [6.45, 7) is 3.88. The van der Waals surface area contributed by atoms with Gasteiger partial charge in [-0.3, -0.25) is 4.79 Å². The number of pyridine rings is 1. The lowest BCUT2D eigenvalue weighted by Crippen LogP contribution is -2.30. The second-order valence-electron chi connectivity index (χ2n) is 5.19. The van der Waals surface area contributed by atoms with E-state index in [4.69, 9.17) is 0 Å². The highest BCUT2D eigenvalue weighted by Gasteiger charge is 2.15. The molecule has 0 radical (unpaired) electrons. The predicted molar refractivity (Wildman–Crippen MR) is 72.7 cm³/mol. The lowest BCUT2D eigenvalue weighted by molar-refractivity contribution is 0.0938. The smallest absolute Gasteiger partial charge is 0.270 e. The number of nitrogens with one attached hydrogen (secondary N) is 2. The van der Waals surface area contributed by atoms with Crippen LogP contribution in [0.5, 0.6) is 0 Å². The van der Waals surface area contributed by atoms with Crippen molar-refractivity contribution < 1.29 is 4.79 Å². The summed E-state index contributed by atoms with van der Waals surface area (Å²) in [6.07, 6.45) is 6.82. The van der Waals surface area contributed by atoms with Crippen LogP contribution in [0.15, 0.2) is 18.3 Å². The number of aromatic nitrogens is 1. The van der Waals surface area contributed by atoms with Crippen LogP contribution in [-0.4, -0.2) is 23.0 Å². The summed E-state index contributed by atoms with van der Waals surface area (Å²) < 4.78 is 0. The molecule has 4 nitrogen and oxygen atoms in total. The number of hydrogen-bond donors (Lipinski definition) is 2. The largest absolute Gasteiger partial charge is 0.381 e. The van der Waals surface area contributed by atoms with E-state index in [1.165, 1.54) is 25.7 Å². The van der Waals surface area contributed by atoms with Gasteiger partial charge in [0.15, 0.2) is 0 Å². The van der Waals surface area contributed by atoms with Crippen molar-refractivity contribution >= 4 is 11.6 Å². The average molecular weight is 247 g/mol. The third-order valence-electron chi connectivity index (χ3n) is 3.14. The summed E-state index contributed by atoms with van der Waals surface area (Å²) in [5.41, 5.74) is 1.48. The van der Waals surface area contributed by atoms with Gasteiger partial charge in [0.1, 0.15) is 5.69 Å². The molecule has 18 heavy (non-hydrogen) atoms. The Morgan fingerprint density at radius 2 is 2.06 bits per heavy atom. The van der Waals surface area contributed by atoms with Gasteiger partial charge in [0.2, 0.25) is 0 Å². The first kappa shape index (κ1) is 12.9. The molecule has 1 aromatic heterocycles. The fourth-order valence-corrected chi connectivity index (χ4v) is 2.26. The van der Waals surface area contributed by atoms with E-state index in [0.717, 1.165) is 5.69 Å². The second kappa shape index (κ2) is 5.85. The Labute approximate surface area is 108 Å². The van der Waals surface area contributed by atoms with Crippen LogP contribution in [0, 0.1) is 0 Å². The number of hydrogen-bond acceptors (Lipinski definition) is 3. The first-order chi connectivity index (χ1) is 8.65. The van der Waals surface area contributed by atoms with Crippen molar-refractivity contribution in [3.63, 3.8) is 0 Å². The summed E-state index contributed by atoms with van der Waals surface area (Å²) in [5, 5.41) is 6.28.